The van der Waals surface area contributed by atoms with E-state index in [0.29, 0.717) is 24.6 Å². The second kappa shape index (κ2) is 10.3. The molecule has 0 aliphatic carbocycles. The quantitative estimate of drug-likeness (QED) is 0.440. The number of hydrogen-bond donors (Lipinski definition) is 2. The molecule has 2 N–H and O–H groups in total. The summed E-state index contributed by atoms with van der Waals surface area (Å²) >= 11 is 0. The lowest BCUT2D eigenvalue weighted by Crippen LogP contribution is -2.42. The van der Waals surface area contributed by atoms with Gasteiger partial charge < -0.3 is 15.2 Å². The van der Waals surface area contributed by atoms with Crippen molar-refractivity contribution in [3.63, 3.8) is 0 Å². The summed E-state index contributed by atoms with van der Waals surface area (Å²) in [5.74, 6) is -1.92. The molecule has 0 bridgehead atoms. The summed E-state index contributed by atoms with van der Waals surface area (Å²) in [6.45, 7) is 0.722. The van der Waals surface area contributed by atoms with Gasteiger partial charge in [0, 0.05) is 38.1 Å². The predicted molar refractivity (Wildman–Crippen MR) is 125 cm³/mol. The van der Waals surface area contributed by atoms with Gasteiger partial charge in [-0.05, 0) is 37.6 Å². The van der Waals surface area contributed by atoms with Crippen LogP contribution in [0.3, 0.4) is 0 Å². The number of nitrogens with one attached hydrogen (secondary N) is 2. The Morgan fingerprint density at radius 2 is 1.76 bits per heavy atom. The van der Waals surface area contributed by atoms with Crippen LogP contribution < -0.4 is 10.6 Å². The number of sulfonamides is 1. The summed E-state index contributed by atoms with van der Waals surface area (Å²) in [4.78, 5) is 11.7. The van der Waals surface area contributed by atoms with E-state index in [9.17, 15) is 30.4 Å². The van der Waals surface area contributed by atoms with Crippen LogP contribution in [0.15, 0.2) is 30.9 Å². The number of alkyl halides is 3. The minimum Gasteiger partial charge on any atom is -0.351 e. The molecule has 0 radical (unpaired) electrons. The monoisotopic (exact) mass is 545 g/mol. The molecule has 1 aromatic carbocycles. The summed E-state index contributed by atoms with van der Waals surface area (Å²) in [7, 11) is -1.72. The molecule has 0 unspecified atom stereocenters. The van der Waals surface area contributed by atoms with Crippen LogP contribution in [0.25, 0.3) is 17.1 Å². The third-order valence-electron chi connectivity index (χ3n) is 5.89. The third-order valence-corrected chi connectivity index (χ3v) is 7.19. The number of anilines is 1. The van der Waals surface area contributed by atoms with E-state index in [1.807, 2.05) is 0 Å². The van der Waals surface area contributed by atoms with Gasteiger partial charge in [-0.15, -0.1) is 0 Å². The number of hydrogen-bond acceptors (Lipinski definition) is 7. The van der Waals surface area contributed by atoms with E-state index in [1.165, 1.54) is 4.31 Å². The van der Waals surface area contributed by atoms with Gasteiger partial charge >= 0.3 is 6.18 Å². The maximum absolute atomic E-state index is 14.7. The van der Waals surface area contributed by atoms with E-state index in [0.717, 1.165) is 35.5 Å². The molecule has 15 heteroatoms. The van der Waals surface area contributed by atoms with Crippen molar-refractivity contribution in [3.05, 3.63) is 53.6 Å². The Balaban J connectivity index is 1.64. The van der Waals surface area contributed by atoms with Gasteiger partial charge in [-0.3, -0.25) is 0 Å². The van der Waals surface area contributed by atoms with Gasteiger partial charge in [0.15, 0.2) is 11.6 Å². The second-order valence-corrected chi connectivity index (χ2v) is 10.6. The zero-order chi connectivity index (χ0) is 27.0. The van der Waals surface area contributed by atoms with Gasteiger partial charge in [-0.1, -0.05) is 0 Å². The van der Waals surface area contributed by atoms with Crippen LogP contribution in [0.1, 0.15) is 24.0 Å². The van der Waals surface area contributed by atoms with Crippen molar-refractivity contribution in [3.8, 4) is 17.1 Å². The number of nitrogens with zero attached hydrogens (tertiary/aromatic N) is 5. The smallest absolute Gasteiger partial charge is 0.351 e. The largest absolute Gasteiger partial charge is 0.420 e. The Morgan fingerprint density at radius 1 is 1.11 bits per heavy atom. The second-order valence-electron chi connectivity index (χ2n) is 8.64. The summed E-state index contributed by atoms with van der Waals surface area (Å²) in [5, 5.41) is 5.72. The van der Waals surface area contributed by atoms with E-state index in [-0.39, 0.29) is 37.3 Å². The van der Waals surface area contributed by atoms with Crippen LogP contribution in [-0.2, 0) is 22.7 Å². The van der Waals surface area contributed by atoms with Crippen molar-refractivity contribution in [1.29, 1.82) is 0 Å². The molecule has 37 heavy (non-hydrogen) atoms. The Bertz CT molecular complexity index is 1360. The maximum Gasteiger partial charge on any atom is 0.420 e. The average Bonchev–Trinajstić information content (AvgIpc) is 3.27. The number of aromatic nitrogens is 4. The van der Waals surface area contributed by atoms with E-state index in [4.69, 9.17) is 0 Å². The maximum atomic E-state index is 14.7. The number of piperidine rings is 1. The number of benzene rings is 1. The van der Waals surface area contributed by atoms with Crippen LogP contribution in [0, 0.1) is 11.6 Å². The molecule has 2 aromatic heterocycles. The fraction of sp³-hybridized carbons (Fsp3) is 0.409. The molecule has 1 aliphatic heterocycles. The summed E-state index contributed by atoms with van der Waals surface area (Å²) in [5.41, 5.74) is -2.12. The number of imidazole rings is 1. The number of halogens is 5. The molecule has 3 aromatic rings. The zero-order valence-corrected chi connectivity index (χ0v) is 20.7. The first-order valence-corrected chi connectivity index (χ1v) is 13.0. The molecule has 3 heterocycles. The molecular weight excluding hydrogens is 521 g/mol. The topological polar surface area (TPSA) is 105 Å². The Morgan fingerprint density at radius 3 is 2.32 bits per heavy atom. The lowest BCUT2D eigenvalue weighted by Gasteiger charge is -2.30. The highest BCUT2D eigenvalue weighted by Gasteiger charge is 2.36. The molecule has 0 spiro atoms. The minimum absolute atomic E-state index is 0.107. The van der Waals surface area contributed by atoms with Crippen LogP contribution in [0.4, 0.5) is 27.9 Å². The minimum atomic E-state index is -4.82. The van der Waals surface area contributed by atoms with E-state index in [2.05, 4.69) is 25.6 Å². The van der Waals surface area contributed by atoms with Gasteiger partial charge in [-0.25, -0.2) is 36.5 Å². The molecule has 9 nitrogen and oxygen atoms in total. The summed E-state index contributed by atoms with van der Waals surface area (Å²) in [6.07, 6.45) is -0.213. The standard InChI is InChI=1S/C22H24F5N7O2S/c1-28-9-13-7-16(23)20(17(24)8-13)33-11-18(30-12-33)19-15(22(25,26)27)10-29-21(32-19)31-14-3-5-34(6-4-14)37(2,35)36/h7-8,10-12,14,28H,3-6,9H2,1-2H3,(H,29,31,32). The highest BCUT2D eigenvalue weighted by atomic mass is 32.2. The summed E-state index contributed by atoms with van der Waals surface area (Å²) < 4.78 is 96.2. The SMILES string of the molecule is CNCc1cc(F)c(-n2cnc(-c3nc(NC4CCN(S(C)(=O)=O)CC4)ncc3C(F)(F)F)c2)c(F)c1. The number of rotatable bonds is 7. The first kappa shape index (κ1) is 26.9. The van der Waals surface area contributed by atoms with Crippen molar-refractivity contribution in [2.75, 3.05) is 31.7 Å². The van der Waals surface area contributed by atoms with Gasteiger partial charge in [0.05, 0.1) is 6.26 Å². The third kappa shape index (κ3) is 6.05. The first-order chi connectivity index (χ1) is 17.4. The fourth-order valence-electron chi connectivity index (χ4n) is 4.11. The van der Waals surface area contributed by atoms with E-state index >= 15 is 0 Å². The molecule has 4 rings (SSSR count). The Labute approximate surface area is 209 Å². The van der Waals surface area contributed by atoms with Crippen LogP contribution in [0.5, 0.6) is 0 Å². The average molecular weight is 546 g/mol. The normalized spacial score (nSPS) is 15.8. The lowest BCUT2D eigenvalue weighted by molar-refractivity contribution is -0.137. The van der Waals surface area contributed by atoms with Gasteiger partial charge in [0.1, 0.15) is 29.0 Å². The van der Waals surface area contributed by atoms with Crippen molar-refractivity contribution in [1.82, 2.24) is 29.1 Å². The van der Waals surface area contributed by atoms with Crippen molar-refractivity contribution < 1.29 is 30.4 Å². The van der Waals surface area contributed by atoms with Crippen molar-refractivity contribution in [2.45, 2.75) is 31.6 Å². The first-order valence-electron chi connectivity index (χ1n) is 11.2. The van der Waals surface area contributed by atoms with Crippen molar-refractivity contribution >= 4 is 16.0 Å². The molecule has 0 atom stereocenters. The Hall–Kier alpha value is -3.17. The van der Waals surface area contributed by atoms with Crippen LogP contribution in [-0.4, -0.2) is 64.7 Å². The highest BCUT2D eigenvalue weighted by Crippen LogP contribution is 2.36. The highest BCUT2D eigenvalue weighted by molar-refractivity contribution is 7.88. The molecule has 1 aliphatic rings. The van der Waals surface area contributed by atoms with E-state index < -0.39 is 44.8 Å². The van der Waals surface area contributed by atoms with Gasteiger partial charge in [0.25, 0.3) is 0 Å². The fourth-order valence-corrected chi connectivity index (χ4v) is 4.98. The lowest BCUT2D eigenvalue weighted by atomic mass is 10.1. The molecule has 1 fully saturated rings. The van der Waals surface area contributed by atoms with Gasteiger partial charge in [-0.2, -0.15) is 13.2 Å². The van der Waals surface area contributed by atoms with Crippen LogP contribution in [0.2, 0.25) is 0 Å². The molecule has 0 saturated carbocycles. The zero-order valence-electron chi connectivity index (χ0n) is 19.9. The van der Waals surface area contributed by atoms with Crippen LogP contribution >= 0.6 is 0 Å². The van der Waals surface area contributed by atoms with Crippen molar-refractivity contribution in [2.24, 2.45) is 0 Å². The van der Waals surface area contributed by atoms with E-state index in [1.54, 1.807) is 7.05 Å². The summed E-state index contributed by atoms with van der Waals surface area (Å²) in [6, 6.07) is 1.98. The van der Waals surface area contributed by atoms with Gasteiger partial charge in [0.2, 0.25) is 16.0 Å². The molecule has 200 valence electrons. The molecular formula is C22H24F5N7O2S. The Kier molecular flexibility index (Phi) is 7.48. The molecule has 1 saturated heterocycles. The predicted octanol–water partition coefficient (Wildman–Crippen LogP) is 3.18. The molecule has 0 amide bonds.